The molecule has 0 spiro atoms. The fraction of sp³-hybridized carbons (Fsp3) is 0.727. The molecule has 0 atom stereocenters. The number of halogens is 3. The number of nitrogens with one attached hydrogen (secondary N) is 1. The van der Waals surface area contributed by atoms with Crippen molar-refractivity contribution in [1.29, 1.82) is 0 Å². The minimum atomic E-state index is 0. The third-order valence-corrected chi connectivity index (χ3v) is 4.03. The fourth-order valence-electron chi connectivity index (χ4n) is 1.86. The number of likely N-dealkylation sites (N-methyl/N-ethyl adjacent to an activating group) is 1. The molecular weight excluding hydrogens is 327 g/mol. The predicted octanol–water partition coefficient (Wildman–Crippen LogP) is 2.01. The van der Waals surface area contributed by atoms with Crippen LogP contribution in [0.1, 0.15) is 10.6 Å². The van der Waals surface area contributed by atoms with Crippen molar-refractivity contribution in [3.63, 3.8) is 0 Å². The van der Waals surface area contributed by atoms with E-state index in [-0.39, 0.29) is 37.2 Å². The van der Waals surface area contributed by atoms with Crippen molar-refractivity contribution >= 4 is 48.6 Å². The quantitative estimate of drug-likeness (QED) is 0.901. The first-order chi connectivity index (χ1) is 7.75. The van der Waals surface area contributed by atoms with E-state index < -0.39 is 0 Å². The Labute approximate surface area is 138 Å². The van der Waals surface area contributed by atoms with Crippen molar-refractivity contribution in [2.24, 2.45) is 0 Å². The molecule has 1 N–H and O–H groups in total. The zero-order chi connectivity index (χ0) is 11.4. The molecular formula is C11H23Cl3N4S. The maximum atomic E-state index is 4.26. The highest BCUT2D eigenvalue weighted by atomic mass is 35.5. The number of nitrogens with zero attached hydrogens (tertiary/aromatic N) is 3. The molecule has 0 unspecified atom stereocenters. The van der Waals surface area contributed by atoms with Crippen LogP contribution in [0.15, 0.2) is 5.51 Å². The second-order valence-corrected chi connectivity index (χ2v) is 5.25. The normalized spacial score (nSPS) is 16.1. The molecule has 4 nitrogen and oxygen atoms in total. The predicted molar refractivity (Wildman–Crippen MR) is 89.4 cm³/mol. The lowest BCUT2D eigenvalue weighted by molar-refractivity contribution is 0.105. The van der Waals surface area contributed by atoms with Gasteiger partial charge >= 0.3 is 0 Å². The van der Waals surface area contributed by atoms with Crippen LogP contribution in [-0.2, 0) is 6.42 Å². The Bertz CT molecular complexity index is 329. The maximum Gasteiger partial charge on any atom is 0.0797 e. The summed E-state index contributed by atoms with van der Waals surface area (Å²) in [4.78, 5) is 8.03. The minimum absolute atomic E-state index is 0. The van der Waals surface area contributed by atoms with Gasteiger partial charge in [0.25, 0.3) is 0 Å². The van der Waals surface area contributed by atoms with Crippen molar-refractivity contribution in [3.05, 3.63) is 16.1 Å². The molecule has 1 saturated heterocycles. The standard InChI is InChI=1S/C11H20N4S.3ClH/c1-10-11(16-9-12-10)3-4-13-15-7-5-14(2)6-8-15;;;/h9,13H,3-8H2,1-2H3;3*1H. The van der Waals surface area contributed by atoms with Crippen molar-refractivity contribution in [2.45, 2.75) is 13.3 Å². The van der Waals surface area contributed by atoms with Crippen molar-refractivity contribution in [2.75, 3.05) is 39.8 Å². The monoisotopic (exact) mass is 348 g/mol. The summed E-state index contributed by atoms with van der Waals surface area (Å²) in [6.07, 6.45) is 1.09. The van der Waals surface area contributed by atoms with Gasteiger partial charge in [-0.25, -0.2) is 9.99 Å². The Morgan fingerprint density at radius 2 is 1.84 bits per heavy atom. The number of thiazole rings is 1. The van der Waals surface area contributed by atoms with E-state index in [1.165, 1.54) is 10.6 Å². The smallest absolute Gasteiger partial charge is 0.0797 e. The van der Waals surface area contributed by atoms with Crippen molar-refractivity contribution < 1.29 is 0 Å². The molecule has 8 heteroatoms. The molecule has 1 aliphatic heterocycles. The zero-order valence-corrected chi connectivity index (χ0v) is 14.6. The molecule has 0 radical (unpaired) electrons. The lowest BCUT2D eigenvalue weighted by atomic mass is 10.3. The Balaban J connectivity index is 0. The molecule has 2 heterocycles. The van der Waals surface area contributed by atoms with Crippen LogP contribution < -0.4 is 5.43 Å². The molecule has 0 bridgehead atoms. The summed E-state index contributed by atoms with van der Waals surface area (Å²) in [6, 6.07) is 0. The zero-order valence-electron chi connectivity index (χ0n) is 11.3. The van der Waals surface area contributed by atoms with Gasteiger partial charge in [0.05, 0.1) is 11.2 Å². The number of hydrogen-bond acceptors (Lipinski definition) is 5. The lowest BCUT2D eigenvalue weighted by Crippen LogP contribution is -2.51. The van der Waals surface area contributed by atoms with E-state index in [1.807, 2.05) is 5.51 Å². The highest BCUT2D eigenvalue weighted by molar-refractivity contribution is 7.09. The van der Waals surface area contributed by atoms with Gasteiger partial charge in [-0.05, 0) is 20.4 Å². The van der Waals surface area contributed by atoms with Gasteiger partial charge in [-0.3, -0.25) is 5.43 Å². The van der Waals surface area contributed by atoms with E-state index in [2.05, 4.69) is 34.3 Å². The van der Waals surface area contributed by atoms with E-state index in [1.54, 1.807) is 11.3 Å². The molecule has 0 aromatic carbocycles. The number of rotatable bonds is 4. The molecule has 1 fully saturated rings. The number of aromatic nitrogens is 1. The molecule has 1 aromatic rings. The van der Waals surface area contributed by atoms with Gasteiger partial charge in [0.15, 0.2) is 0 Å². The van der Waals surface area contributed by atoms with Gasteiger partial charge in [0, 0.05) is 37.6 Å². The van der Waals surface area contributed by atoms with Crippen LogP contribution in [0.5, 0.6) is 0 Å². The average Bonchev–Trinajstić information content (AvgIpc) is 2.68. The molecule has 2 rings (SSSR count). The van der Waals surface area contributed by atoms with Crippen molar-refractivity contribution in [3.8, 4) is 0 Å². The average molecular weight is 350 g/mol. The lowest BCUT2D eigenvalue weighted by Gasteiger charge is -2.32. The summed E-state index contributed by atoms with van der Waals surface area (Å²) in [6.45, 7) is 7.67. The first-order valence-electron chi connectivity index (χ1n) is 5.81. The summed E-state index contributed by atoms with van der Waals surface area (Å²) in [5.74, 6) is 0. The summed E-state index contributed by atoms with van der Waals surface area (Å²) in [5.41, 5.74) is 6.61. The van der Waals surface area contributed by atoms with Crippen LogP contribution in [0.2, 0.25) is 0 Å². The van der Waals surface area contributed by atoms with Crippen molar-refractivity contribution in [1.82, 2.24) is 20.3 Å². The summed E-state index contributed by atoms with van der Waals surface area (Å²) >= 11 is 1.76. The van der Waals surface area contributed by atoms with Crippen LogP contribution in [0, 0.1) is 6.92 Å². The van der Waals surface area contributed by atoms with Gasteiger partial charge in [-0.2, -0.15) is 0 Å². The highest BCUT2D eigenvalue weighted by Crippen LogP contribution is 2.11. The highest BCUT2D eigenvalue weighted by Gasteiger charge is 2.12. The molecule has 0 aliphatic carbocycles. The summed E-state index contributed by atoms with van der Waals surface area (Å²) in [5, 5.41) is 2.33. The van der Waals surface area contributed by atoms with Crippen LogP contribution in [0.25, 0.3) is 0 Å². The van der Waals surface area contributed by atoms with E-state index in [0.29, 0.717) is 0 Å². The first kappa shape index (κ1) is 21.7. The molecule has 0 saturated carbocycles. The molecule has 0 amide bonds. The van der Waals surface area contributed by atoms with E-state index in [4.69, 9.17) is 0 Å². The van der Waals surface area contributed by atoms with E-state index in [9.17, 15) is 0 Å². The Morgan fingerprint density at radius 1 is 1.21 bits per heavy atom. The van der Waals surface area contributed by atoms with Gasteiger partial charge in [-0.15, -0.1) is 48.6 Å². The molecule has 19 heavy (non-hydrogen) atoms. The van der Waals surface area contributed by atoms with Gasteiger partial charge in [-0.1, -0.05) is 0 Å². The van der Waals surface area contributed by atoms with Crippen LogP contribution >= 0.6 is 48.6 Å². The third-order valence-electron chi connectivity index (χ3n) is 3.04. The van der Waals surface area contributed by atoms with Gasteiger partial charge in [0.1, 0.15) is 0 Å². The van der Waals surface area contributed by atoms with Gasteiger partial charge in [0.2, 0.25) is 0 Å². The van der Waals surface area contributed by atoms with E-state index in [0.717, 1.165) is 39.1 Å². The van der Waals surface area contributed by atoms with Crippen LogP contribution in [0.3, 0.4) is 0 Å². The maximum absolute atomic E-state index is 4.26. The molecule has 1 aliphatic rings. The van der Waals surface area contributed by atoms with Gasteiger partial charge < -0.3 is 4.90 Å². The van der Waals surface area contributed by atoms with Crippen LogP contribution in [0.4, 0.5) is 0 Å². The SMILES string of the molecule is Cc1ncsc1CCNN1CCN(C)CC1.Cl.Cl.Cl. The van der Waals surface area contributed by atoms with Crippen LogP contribution in [-0.4, -0.2) is 54.7 Å². The number of aryl methyl sites for hydroxylation is 1. The fourth-order valence-corrected chi connectivity index (χ4v) is 2.64. The molecule has 1 aromatic heterocycles. The first-order valence-corrected chi connectivity index (χ1v) is 6.69. The topological polar surface area (TPSA) is 31.4 Å². The number of piperazine rings is 1. The minimum Gasteiger partial charge on any atom is -0.304 e. The third kappa shape index (κ3) is 7.09. The summed E-state index contributed by atoms with van der Waals surface area (Å²) < 4.78 is 0. The largest absolute Gasteiger partial charge is 0.304 e. The Morgan fingerprint density at radius 3 is 2.37 bits per heavy atom. The Hall–Kier alpha value is 0.380. The second-order valence-electron chi connectivity index (χ2n) is 4.31. The van der Waals surface area contributed by atoms with E-state index >= 15 is 0 Å². The number of hydrogen-bond donors (Lipinski definition) is 1. The second kappa shape index (κ2) is 11.1. The number of hydrazine groups is 1. The summed E-state index contributed by atoms with van der Waals surface area (Å²) in [7, 11) is 2.18. The molecule has 114 valence electrons. The Kier molecular flexibility index (Phi) is 12.6.